The number of nitrogens with one attached hydrogen (secondary N) is 2. The van der Waals surface area contributed by atoms with E-state index in [2.05, 4.69) is 25.4 Å². The fraction of sp³-hybridized carbons (Fsp3) is 0.450. The SMILES string of the molecule is O=C1Nc2ccccc2NC12CCN(c1nccc(N3CCC(O)C3)n1)CC2. The van der Waals surface area contributed by atoms with Crippen LogP contribution in [0.25, 0.3) is 0 Å². The normalized spacial score (nSPS) is 23.3. The lowest BCUT2D eigenvalue weighted by Crippen LogP contribution is -2.58. The average Bonchev–Trinajstić information content (AvgIpc) is 3.16. The summed E-state index contributed by atoms with van der Waals surface area (Å²) in [5.41, 5.74) is 1.23. The Morgan fingerprint density at radius 2 is 1.86 bits per heavy atom. The Kier molecular flexibility index (Phi) is 4.08. The highest BCUT2D eigenvalue weighted by molar-refractivity contribution is 6.06. The standard InChI is InChI=1S/C20H24N6O2/c27-14-6-10-26(13-14)17-5-9-21-19(23-17)25-11-7-20(8-12-25)18(28)22-15-3-1-2-4-16(15)24-20/h1-5,9,14,24,27H,6-8,10-13H2,(H,22,28). The van der Waals surface area contributed by atoms with Gasteiger partial charge in [-0.25, -0.2) is 4.98 Å². The van der Waals surface area contributed by atoms with E-state index >= 15 is 0 Å². The summed E-state index contributed by atoms with van der Waals surface area (Å²) in [5, 5.41) is 16.3. The molecule has 3 aliphatic heterocycles. The van der Waals surface area contributed by atoms with Crippen LogP contribution in [0.1, 0.15) is 19.3 Å². The quantitative estimate of drug-likeness (QED) is 0.726. The number of β-amino-alcohol motifs (C(OH)–C–C–N with tert-alkyl or cyclic N) is 1. The van der Waals surface area contributed by atoms with Gasteiger partial charge in [-0.05, 0) is 37.5 Å². The summed E-state index contributed by atoms with van der Waals surface area (Å²) in [5.74, 6) is 1.57. The van der Waals surface area contributed by atoms with Gasteiger partial charge in [0, 0.05) is 32.4 Å². The number of carbonyl (C=O) groups is 1. The second kappa shape index (κ2) is 6.63. The molecule has 1 spiro atoms. The van der Waals surface area contributed by atoms with Crippen LogP contribution in [0.4, 0.5) is 23.1 Å². The lowest BCUT2D eigenvalue weighted by Gasteiger charge is -2.44. The zero-order valence-electron chi connectivity index (χ0n) is 15.6. The highest BCUT2D eigenvalue weighted by Gasteiger charge is 2.44. The first-order valence-corrected chi connectivity index (χ1v) is 9.83. The number of carbonyl (C=O) groups excluding carboxylic acids is 1. The topological polar surface area (TPSA) is 93.6 Å². The highest BCUT2D eigenvalue weighted by Crippen LogP contribution is 2.36. The number of hydrogen-bond acceptors (Lipinski definition) is 7. The summed E-state index contributed by atoms with van der Waals surface area (Å²) < 4.78 is 0. The smallest absolute Gasteiger partial charge is 0.250 e. The van der Waals surface area contributed by atoms with Gasteiger partial charge in [0.05, 0.1) is 17.5 Å². The third kappa shape index (κ3) is 2.93. The van der Waals surface area contributed by atoms with E-state index < -0.39 is 5.54 Å². The summed E-state index contributed by atoms with van der Waals surface area (Å²) in [6, 6.07) is 9.70. The Labute approximate surface area is 163 Å². The maximum atomic E-state index is 12.8. The number of aliphatic hydroxyl groups excluding tert-OH is 1. The number of rotatable bonds is 2. The Morgan fingerprint density at radius 3 is 2.61 bits per heavy atom. The van der Waals surface area contributed by atoms with Crippen LogP contribution in [0.3, 0.4) is 0 Å². The first-order chi connectivity index (χ1) is 13.6. The van der Waals surface area contributed by atoms with Crippen LogP contribution >= 0.6 is 0 Å². The minimum absolute atomic E-state index is 0.0339. The van der Waals surface area contributed by atoms with Crippen LogP contribution in [0.2, 0.25) is 0 Å². The van der Waals surface area contributed by atoms with Crippen molar-refractivity contribution in [1.29, 1.82) is 0 Å². The lowest BCUT2D eigenvalue weighted by molar-refractivity contribution is -0.121. The monoisotopic (exact) mass is 380 g/mol. The minimum atomic E-state index is -0.582. The van der Waals surface area contributed by atoms with Crippen LogP contribution in [0.5, 0.6) is 0 Å². The molecule has 3 aliphatic rings. The molecule has 0 radical (unpaired) electrons. The van der Waals surface area contributed by atoms with Crippen LogP contribution in [0.15, 0.2) is 36.5 Å². The van der Waals surface area contributed by atoms with Crippen molar-refractivity contribution < 1.29 is 9.90 Å². The molecule has 1 atom stereocenters. The summed E-state index contributed by atoms with van der Waals surface area (Å²) in [4.78, 5) is 26.2. The number of hydrogen-bond donors (Lipinski definition) is 3. The van der Waals surface area contributed by atoms with Crippen LogP contribution in [0, 0.1) is 0 Å². The van der Waals surface area contributed by atoms with E-state index in [-0.39, 0.29) is 12.0 Å². The van der Waals surface area contributed by atoms with E-state index in [4.69, 9.17) is 4.98 Å². The molecule has 8 heteroatoms. The van der Waals surface area contributed by atoms with Crippen molar-refractivity contribution in [3.8, 4) is 0 Å². The van der Waals surface area contributed by atoms with Crippen LogP contribution in [-0.2, 0) is 4.79 Å². The van der Waals surface area contributed by atoms with E-state index in [1.807, 2.05) is 30.3 Å². The number of amides is 1. The summed E-state index contributed by atoms with van der Waals surface area (Å²) in [7, 11) is 0. The lowest BCUT2D eigenvalue weighted by atomic mass is 9.84. The molecule has 0 bridgehead atoms. The summed E-state index contributed by atoms with van der Waals surface area (Å²) in [6.07, 6.45) is 3.63. The first-order valence-electron chi connectivity index (χ1n) is 9.83. The van der Waals surface area contributed by atoms with Gasteiger partial charge in [0.15, 0.2) is 0 Å². The Bertz CT molecular complexity index is 896. The molecule has 1 unspecified atom stereocenters. The fourth-order valence-corrected chi connectivity index (χ4v) is 4.32. The molecule has 28 heavy (non-hydrogen) atoms. The molecular weight excluding hydrogens is 356 g/mol. The van der Waals surface area contributed by atoms with E-state index in [1.165, 1.54) is 0 Å². The third-order valence-corrected chi connectivity index (χ3v) is 6.00. The first kappa shape index (κ1) is 17.2. The molecule has 146 valence electrons. The molecule has 1 aromatic heterocycles. The molecule has 0 aliphatic carbocycles. The fourth-order valence-electron chi connectivity index (χ4n) is 4.32. The van der Waals surface area contributed by atoms with Gasteiger partial charge in [-0.3, -0.25) is 4.79 Å². The van der Waals surface area contributed by atoms with Crippen molar-refractivity contribution >= 4 is 29.0 Å². The molecule has 0 saturated carbocycles. The average molecular weight is 380 g/mol. The second-order valence-electron chi connectivity index (χ2n) is 7.80. The van der Waals surface area contributed by atoms with Crippen molar-refractivity contribution in [3.05, 3.63) is 36.5 Å². The summed E-state index contributed by atoms with van der Waals surface area (Å²) >= 11 is 0. The number of fused-ring (bicyclic) bond motifs is 1. The Morgan fingerprint density at radius 1 is 1.07 bits per heavy atom. The number of anilines is 4. The maximum absolute atomic E-state index is 12.8. The zero-order chi connectivity index (χ0) is 19.1. The maximum Gasteiger partial charge on any atom is 0.250 e. The second-order valence-corrected chi connectivity index (χ2v) is 7.80. The van der Waals surface area contributed by atoms with Gasteiger partial charge < -0.3 is 25.5 Å². The van der Waals surface area contributed by atoms with Crippen LogP contribution in [-0.4, -0.2) is 58.8 Å². The summed E-state index contributed by atoms with van der Waals surface area (Å²) in [6.45, 7) is 2.83. The van der Waals surface area contributed by atoms with Crippen molar-refractivity contribution in [1.82, 2.24) is 9.97 Å². The number of nitrogens with zero attached hydrogens (tertiary/aromatic N) is 4. The molecule has 4 heterocycles. The largest absolute Gasteiger partial charge is 0.391 e. The van der Waals surface area contributed by atoms with E-state index in [0.29, 0.717) is 38.4 Å². The van der Waals surface area contributed by atoms with E-state index in [0.717, 1.165) is 30.2 Å². The van der Waals surface area contributed by atoms with Crippen LogP contribution < -0.4 is 20.4 Å². The van der Waals surface area contributed by atoms with E-state index in [1.54, 1.807) is 6.20 Å². The predicted molar refractivity (Wildman–Crippen MR) is 108 cm³/mol. The molecule has 2 saturated heterocycles. The van der Waals surface area contributed by atoms with Gasteiger partial charge in [-0.1, -0.05) is 12.1 Å². The van der Waals surface area contributed by atoms with Gasteiger partial charge in [0.2, 0.25) is 11.9 Å². The highest BCUT2D eigenvalue weighted by atomic mass is 16.3. The molecule has 1 aromatic carbocycles. The Balaban J connectivity index is 1.31. The number of benzene rings is 1. The number of aromatic nitrogens is 2. The molecule has 5 rings (SSSR count). The molecule has 2 fully saturated rings. The number of aliphatic hydroxyl groups is 1. The van der Waals surface area contributed by atoms with Gasteiger partial charge in [-0.15, -0.1) is 0 Å². The van der Waals surface area contributed by atoms with Gasteiger partial charge >= 0.3 is 0 Å². The van der Waals surface area contributed by atoms with E-state index in [9.17, 15) is 9.90 Å². The number of para-hydroxylation sites is 2. The molecular formula is C20H24N6O2. The minimum Gasteiger partial charge on any atom is -0.391 e. The number of piperidine rings is 1. The zero-order valence-corrected chi connectivity index (χ0v) is 15.6. The van der Waals surface area contributed by atoms with Gasteiger partial charge in [-0.2, -0.15) is 4.98 Å². The third-order valence-electron chi connectivity index (χ3n) is 6.00. The van der Waals surface area contributed by atoms with Crippen molar-refractivity contribution in [2.45, 2.75) is 30.9 Å². The van der Waals surface area contributed by atoms with Gasteiger partial charge in [0.25, 0.3) is 0 Å². The Hall–Kier alpha value is -2.87. The molecule has 2 aromatic rings. The molecule has 3 N–H and O–H groups in total. The van der Waals surface area contributed by atoms with Gasteiger partial charge in [0.1, 0.15) is 11.4 Å². The van der Waals surface area contributed by atoms with Crippen molar-refractivity contribution in [2.24, 2.45) is 0 Å². The predicted octanol–water partition coefficient (Wildman–Crippen LogP) is 1.45. The van der Waals surface area contributed by atoms with Crippen molar-refractivity contribution in [2.75, 3.05) is 46.6 Å². The van der Waals surface area contributed by atoms with Crippen molar-refractivity contribution in [3.63, 3.8) is 0 Å². The molecule has 1 amide bonds. The molecule has 8 nitrogen and oxygen atoms in total.